The van der Waals surface area contributed by atoms with Crippen molar-refractivity contribution >= 4 is 11.8 Å². The number of rotatable bonds is 4. The largest absolute Gasteiger partial charge is 0.387 e. The van der Waals surface area contributed by atoms with Gasteiger partial charge in [-0.2, -0.15) is 4.98 Å². The van der Waals surface area contributed by atoms with Crippen molar-refractivity contribution in [3.8, 4) is 0 Å². The van der Waals surface area contributed by atoms with E-state index in [0.717, 1.165) is 18.1 Å². The van der Waals surface area contributed by atoms with Crippen LogP contribution in [0.2, 0.25) is 0 Å². The van der Waals surface area contributed by atoms with E-state index in [0.29, 0.717) is 25.5 Å². The van der Waals surface area contributed by atoms with Crippen molar-refractivity contribution in [2.45, 2.75) is 32.8 Å². The minimum absolute atomic E-state index is 0.297. The monoisotopic (exact) mass is 294 g/mol. The summed E-state index contributed by atoms with van der Waals surface area (Å²) in [5.74, 6) is 1.53. The lowest BCUT2D eigenvalue weighted by atomic mass is 9.70. The molecule has 0 aliphatic carbocycles. The third-order valence-electron chi connectivity index (χ3n) is 4.41. The molecule has 0 saturated carbocycles. The van der Waals surface area contributed by atoms with E-state index in [2.05, 4.69) is 34.0 Å². The second-order valence-corrected chi connectivity index (χ2v) is 6.46. The molecule has 2 heterocycles. The Hall–Kier alpha value is -1.40. The van der Waals surface area contributed by atoms with Crippen molar-refractivity contribution in [2.75, 3.05) is 44.1 Å². The number of nitrogens with zero attached hydrogens (tertiary/aromatic N) is 3. The van der Waals surface area contributed by atoms with Crippen LogP contribution in [0.5, 0.6) is 0 Å². The normalized spacial score (nSPS) is 25.0. The first-order valence-electron chi connectivity index (χ1n) is 7.31. The molecule has 1 atom stereocenters. The van der Waals surface area contributed by atoms with Crippen molar-refractivity contribution in [3.05, 3.63) is 11.8 Å². The summed E-state index contributed by atoms with van der Waals surface area (Å²) in [6.07, 6.45) is 0.639. The Bertz CT molecular complexity index is 506. The lowest BCUT2D eigenvalue weighted by Crippen LogP contribution is -2.59. The van der Waals surface area contributed by atoms with Crippen molar-refractivity contribution in [1.29, 1.82) is 0 Å². The number of aromatic nitrogens is 2. The minimum atomic E-state index is -0.812. The van der Waals surface area contributed by atoms with E-state index >= 15 is 0 Å². The number of anilines is 2. The van der Waals surface area contributed by atoms with E-state index in [1.807, 2.05) is 20.0 Å². The molecule has 0 radical (unpaired) electrons. The summed E-state index contributed by atoms with van der Waals surface area (Å²) >= 11 is 0. The molecule has 1 unspecified atom stereocenters. The van der Waals surface area contributed by atoms with Gasteiger partial charge in [0.05, 0.1) is 12.2 Å². The van der Waals surface area contributed by atoms with Crippen LogP contribution < -0.4 is 10.2 Å². The molecule has 21 heavy (non-hydrogen) atoms. The maximum absolute atomic E-state index is 10.8. The fraction of sp³-hybridized carbons (Fsp3) is 0.733. The Kier molecular flexibility index (Phi) is 4.39. The predicted octanol–water partition coefficient (Wildman–Crippen LogP) is 1.44. The average Bonchev–Trinajstić information content (AvgIpc) is 2.41. The molecule has 0 spiro atoms. The van der Waals surface area contributed by atoms with E-state index in [9.17, 15) is 5.11 Å². The summed E-state index contributed by atoms with van der Waals surface area (Å²) < 4.78 is 5.21. The molecule has 0 amide bonds. The summed E-state index contributed by atoms with van der Waals surface area (Å²) in [5, 5.41) is 13.9. The molecular weight excluding hydrogens is 268 g/mol. The first kappa shape index (κ1) is 16.0. The van der Waals surface area contributed by atoms with Gasteiger partial charge in [0.25, 0.3) is 0 Å². The van der Waals surface area contributed by atoms with Gasteiger partial charge in [-0.1, -0.05) is 13.8 Å². The van der Waals surface area contributed by atoms with Crippen LogP contribution in [-0.4, -0.2) is 54.5 Å². The van der Waals surface area contributed by atoms with Gasteiger partial charge < -0.3 is 20.1 Å². The van der Waals surface area contributed by atoms with Gasteiger partial charge in [0.2, 0.25) is 5.95 Å². The van der Waals surface area contributed by atoms with Gasteiger partial charge in [0, 0.05) is 44.4 Å². The second kappa shape index (κ2) is 5.77. The Morgan fingerprint density at radius 1 is 1.43 bits per heavy atom. The summed E-state index contributed by atoms with van der Waals surface area (Å²) in [6.45, 7) is 7.85. The molecule has 0 bridgehead atoms. The molecule has 118 valence electrons. The highest BCUT2D eigenvalue weighted by Crippen LogP contribution is 2.39. The van der Waals surface area contributed by atoms with E-state index in [-0.39, 0.29) is 5.41 Å². The summed E-state index contributed by atoms with van der Waals surface area (Å²) in [7, 11) is 3.48. The third-order valence-corrected chi connectivity index (χ3v) is 4.41. The molecule has 6 heteroatoms. The standard InChI is InChI=1S/C15H26N4O2/c1-11-8-12(16-4)18-13(17-11)19-7-6-15(20,10-21-5)14(2,3)9-19/h8,20H,6-7,9-10H2,1-5H3,(H,16,17,18). The maximum Gasteiger partial charge on any atom is 0.227 e. The molecule has 1 aromatic rings. The Morgan fingerprint density at radius 2 is 2.14 bits per heavy atom. The lowest BCUT2D eigenvalue weighted by Gasteiger charge is -2.49. The molecule has 1 aliphatic heterocycles. The van der Waals surface area contributed by atoms with Gasteiger partial charge in [-0.25, -0.2) is 4.98 Å². The number of hydrogen-bond acceptors (Lipinski definition) is 6. The van der Waals surface area contributed by atoms with E-state index in [1.165, 1.54) is 0 Å². The van der Waals surface area contributed by atoms with Gasteiger partial charge in [-0.3, -0.25) is 0 Å². The Balaban J connectivity index is 2.23. The highest BCUT2D eigenvalue weighted by Gasteiger charge is 2.48. The van der Waals surface area contributed by atoms with Crippen LogP contribution in [0.25, 0.3) is 0 Å². The topological polar surface area (TPSA) is 70.5 Å². The molecule has 0 aromatic carbocycles. The molecule has 1 saturated heterocycles. The SMILES string of the molecule is CNc1cc(C)nc(N2CCC(O)(COC)C(C)(C)C2)n1. The third kappa shape index (κ3) is 3.11. The van der Waals surface area contributed by atoms with Gasteiger partial charge >= 0.3 is 0 Å². The van der Waals surface area contributed by atoms with Gasteiger partial charge in [0.15, 0.2) is 0 Å². The van der Waals surface area contributed by atoms with Crippen LogP contribution in [0.3, 0.4) is 0 Å². The molecular formula is C15H26N4O2. The summed E-state index contributed by atoms with van der Waals surface area (Å²) in [6, 6.07) is 1.92. The van der Waals surface area contributed by atoms with Gasteiger partial charge in [0.1, 0.15) is 5.82 Å². The van der Waals surface area contributed by atoms with Crippen molar-refractivity contribution < 1.29 is 9.84 Å². The quantitative estimate of drug-likeness (QED) is 0.875. The zero-order chi connectivity index (χ0) is 15.7. The number of ether oxygens (including phenoxy) is 1. The van der Waals surface area contributed by atoms with Crippen LogP contribution in [0.4, 0.5) is 11.8 Å². The smallest absolute Gasteiger partial charge is 0.227 e. The number of hydrogen-bond donors (Lipinski definition) is 2. The Morgan fingerprint density at radius 3 is 2.71 bits per heavy atom. The second-order valence-electron chi connectivity index (χ2n) is 6.46. The lowest BCUT2D eigenvalue weighted by molar-refractivity contribution is -0.122. The molecule has 1 fully saturated rings. The number of methoxy groups -OCH3 is 1. The van der Waals surface area contributed by atoms with Crippen LogP contribution in [-0.2, 0) is 4.74 Å². The highest BCUT2D eigenvalue weighted by atomic mass is 16.5. The fourth-order valence-electron chi connectivity index (χ4n) is 2.86. The molecule has 1 aliphatic rings. The Labute approximate surface area is 126 Å². The highest BCUT2D eigenvalue weighted by molar-refractivity contribution is 5.44. The van der Waals surface area contributed by atoms with Crippen molar-refractivity contribution in [3.63, 3.8) is 0 Å². The van der Waals surface area contributed by atoms with Gasteiger partial charge in [-0.15, -0.1) is 0 Å². The van der Waals surface area contributed by atoms with Crippen LogP contribution in [0.1, 0.15) is 26.0 Å². The zero-order valence-electron chi connectivity index (χ0n) is 13.6. The average molecular weight is 294 g/mol. The summed E-state index contributed by atoms with van der Waals surface area (Å²) in [5.41, 5.74) is -0.179. The van der Waals surface area contributed by atoms with E-state index < -0.39 is 5.60 Å². The molecule has 2 N–H and O–H groups in total. The number of aliphatic hydroxyl groups is 1. The number of aryl methyl sites for hydroxylation is 1. The molecule has 2 rings (SSSR count). The maximum atomic E-state index is 10.8. The van der Waals surface area contributed by atoms with E-state index in [1.54, 1.807) is 7.11 Å². The molecule has 1 aromatic heterocycles. The number of nitrogens with one attached hydrogen (secondary N) is 1. The minimum Gasteiger partial charge on any atom is -0.387 e. The predicted molar refractivity (Wildman–Crippen MR) is 83.8 cm³/mol. The fourth-order valence-corrected chi connectivity index (χ4v) is 2.86. The zero-order valence-corrected chi connectivity index (χ0v) is 13.6. The van der Waals surface area contributed by atoms with Gasteiger partial charge in [-0.05, 0) is 13.3 Å². The van der Waals surface area contributed by atoms with Crippen LogP contribution >= 0.6 is 0 Å². The first-order valence-corrected chi connectivity index (χ1v) is 7.31. The van der Waals surface area contributed by atoms with E-state index in [4.69, 9.17) is 4.74 Å². The first-order chi connectivity index (χ1) is 9.81. The van der Waals surface area contributed by atoms with Crippen molar-refractivity contribution in [1.82, 2.24) is 9.97 Å². The van der Waals surface area contributed by atoms with Crippen molar-refractivity contribution in [2.24, 2.45) is 5.41 Å². The number of piperidine rings is 1. The molecule has 6 nitrogen and oxygen atoms in total. The summed E-state index contributed by atoms with van der Waals surface area (Å²) in [4.78, 5) is 11.2. The van der Waals surface area contributed by atoms with Crippen LogP contribution in [0.15, 0.2) is 6.07 Å². The van der Waals surface area contributed by atoms with Crippen LogP contribution in [0, 0.1) is 12.3 Å².